The van der Waals surface area contributed by atoms with Gasteiger partial charge in [0.1, 0.15) is 22.8 Å². The van der Waals surface area contributed by atoms with Gasteiger partial charge < -0.3 is 24.5 Å². The fourth-order valence-corrected chi connectivity index (χ4v) is 2.98. The molecule has 8 heteroatoms. The van der Waals surface area contributed by atoms with E-state index in [1.807, 2.05) is 0 Å². The zero-order valence-electron chi connectivity index (χ0n) is 16.1. The molecule has 1 aromatic heterocycles. The number of benzene rings is 2. The molecule has 3 rings (SSSR count). The van der Waals surface area contributed by atoms with Crippen molar-refractivity contribution in [2.75, 3.05) is 30.7 Å². The van der Waals surface area contributed by atoms with Gasteiger partial charge in [-0.2, -0.15) is 0 Å². The van der Waals surface area contributed by atoms with E-state index in [2.05, 4.69) is 10.6 Å². The van der Waals surface area contributed by atoms with Gasteiger partial charge in [-0.05, 0) is 30.7 Å². The molecular formula is C21H21ClN2O5. The van der Waals surface area contributed by atoms with E-state index in [1.165, 1.54) is 14.2 Å². The lowest BCUT2D eigenvalue weighted by atomic mass is 10.2. The van der Waals surface area contributed by atoms with Crippen LogP contribution >= 0.6 is 11.6 Å². The molecule has 0 aliphatic heterocycles. The number of amides is 2. The van der Waals surface area contributed by atoms with Gasteiger partial charge in [0.2, 0.25) is 11.7 Å². The van der Waals surface area contributed by atoms with Crippen LogP contribution in [0, 0.1) is 0 Å². The third-order valence-corrected chi connectivity index (χ3v) is 4.53. The minimum absolute atomic E-state index is 0.00436. The van der Waals surface area contributed by atoms with Crippen LogP contribution in [0.1, 0.15) is 23.4 Å². The Hall–Kier alpha value is -3.19. The predicted octanol–water partition coefficient (Wildman–Crippen LogP) is 4.66. The summed E-state index contributed by atoms with van der Waals surface area (Å²) in [6.45, 7) is 0. The Balaban J connectivity index is 1.95. The first-order chi connectivity index (χ1) is 14.1. The maximum Gasteiger partial charge on any atom is 0.293 e. The molecule has 0 aliphatic rings. The van der Waals surface area contributed by atoms with Crippen molar-refractivity contribution in [2.24, 2.45) is 0 Å². The van der Waals surface area contributed by atoms with Crippen LogP contribution < -0.4 is 20.1 Å². The fraction of sp³-hybridized carbons (Fsp3) is 0.238. The van der Waals surface area contributed by atoms with Crippen molar-refractivity contribution >= 4 is 45.8 Å². The molecule has 2 aromatic carbocycles. The van der Waals surface area contributed by atoms with Crippen LogP contribution in [0.5, 0.6) is 11.5 Å². The molecular weight excluding hydrogens is 396 g/mol. The van der Waals surface area contributed by atoms with E-state index in [-0.39, 0.29) is 18.1 Å². The van der Waals surface area contributed by atoms with Crippen LogP contribution in [0.4, 0.5) is 11.4 Å². The average Bonchev–Trinajstić information content (AvgIpc) is 3.10. The number of halogens is 1. The molecule has 29 heavy (non-hydrogen) atoms. The third-order valence-electron chi connectivity index (χ3n) is 4.26. The Morgan fingerprint density at radius 3 is 2.59 bits per heavy atom. The zero-order valence-corrected chi connectivity index (χ0v) is 16.8. The summed E-state index contributed by atoms with van der Waals surface area (Å²) in [6, 6.07) is 12.1. The minimum Gasteiger partial charge on any atom is -0.497 e. The van der Waals surface area contributed by atoms with Crippen molar-refractivity contribution in [3.8, 4) is 11.5 Å². The molecule has 0 atom stereocenters. The second-order valence-electron chi connectivity index (χ2n) is 6.16. The van der Waals surface area contributed by atoms with Crippen LogP contribution in [0.15, 0.2) is 46.9 Å². The molecule has 0 aliphatic carbocycles. The van der Waals surface area contributed by atoms with Crippen molar-refractivity contribution < 1.29 is 23.5 Å². The lowest BCUT2D eigenvalue weighted by molar-refractivity contribution is -0.116. The average molecular weight is 417 g/mol. The molecule has 7 nitrogen and oxygen atoms in total. The molecule has 0 radical (unpaired) electrons. The summed E-state index contributed by atoms with van der Waals surface area (Å²) in [6.07, 6.45) is 0.777. The smallest absolute Gasteiger partial charge is 0.293 e. The molecule has 152 valence electrons. The van der Waals surface area contributed by atoms with Gasteiger partial charge >= 0.3 is 0 Å². The number of hydrogen-bond acceptors (Lipinski definition) is 5. The predicted molar refractivity (Wildman–Crippen MR) is 112 cm³/mol. The molecule has 3 aromatic rings. The van der Waals surface area contributed by atoms with E-state index < -0.39 is 5.91 Å². The lowest BCUT2D eigenvalue weighted by Crippen LogP contribution is -2.17. The molecule has 2 amide bonds. The number of rotatable bonds is 8. The van der Waals surface area contributed by atoms with E-state index in [1.54, 1.807) is 42.5 Å². The summed E-state index contributed by atoms with van der Waals surface area (Å²) in [7, 11) is 3.03. The Bertz CT molecular complexity index is 1030. The SMILES string of the molecule is COc1ccc(OC)c(NC(=O)c2oc3ccccc3c2NC(=O)CCCCl)c1. The number of carbonyl (C=O) groups is 2. The van der Waals surface area contributed by atoms with Crippen LogP contribution in [0.2, 0.25) is 0 Å². The molecule has 0 saturated carbocycles. The van der Waals surface area contributed by atoms with Crippen molar-refractivity contribution in [1.29, 1.82) is 0 Å². The van der Waals surface area contributed by atoms with Gasteiger partial charge in [-0.1, -0.05) is 12.1 Å². The van der Waals surface area contributed by atoms with Gasteiger partial charge in [0, 0.05) is 23.8 Å². The number of hydrogen-bond donors (Lipinski definition) is 2. The van der Waals surface area contributed by atoms with Crippen molar-refractivity contribution in [1.82, 2.24) is 0 Å². The maximum atomic E-state index is 13.0. The summed E-state index contributed by atoms with van der Waals surface area (Å²) >= 11 is 5.66. The highest BCUT2D eigenvalue weighted by atomic mass is 35.5. The molecule has 0 unspecified atom stereocenters. The molecule has 0 saturated heterocycles. The monoisotopic (exact) mass is 416 g/mol. The minimum atomic E-state index is -0.527. The van der Waals surface area contributed by atoms with E-state index >= 15 is 0 Å². The van der Waals surface area contributed by atoms with E-state index in [0.717, 1.165) is 0 Å². The molecule has 1 heterocycles. The quantitative estimate of drug-likeness (QED) is 0.521. The molecule has 0 bridgehead atoms. The summed E-state index contributed by atoms with van der Waals surface area (Å²) < 4.78 is 16.2. The highest BCUT2D eigenvalue weighted by Crippen LogP contribution is 2.34. The Morgan fingerprint density at radius 1 is 1.07 bits per heavy atom. The largest absolute Gasteiger partial charge is 0.497 e. The highest BCUT2D eigenvalue weighted by molar-refractivity contribution is 6.18. The Kier molecular flexibility index (Phi) is 6.61. The van der Waals surface area contributed by atoms with Crippen LogP contribution in [-0.4, -0.2) is 31.9 Å². The van der Waals surface area contributed by atoms with Gasteiger partial charge in [0.15, 0.2) is 0 Å². The summed E-state index contributed by atoms with van der Waals surface area (Å²) in [5.74, 6) is 0.617. The number of nitrogens with one attached hydrogen (secondary N) is 2. The number of anilines is 2. The summed E-state index contributed by atoms with van der Waals surface area (Å²) in [5.41, 5.74) is 1.22. The van der Waals surface area contributed by atoms with Gasteiger partial charge in [-0.25, -0.2) is 0 Å². The second kappa shape index (κ2) is 9.34. The summed E-state index contributed by atoms with van der Waals surface area (Å²) in [4.78, 5) is 25.2. The standard InChI is InChI=1S/C21H21ClN2O5/c1-27-13-9-10-17(28-2)15(12-13)23-21(26)20-19(24-18(25)8-5-11-22)14-6-3-4-7-16(14)29-20/h3-4,6-7,9-10,12H,5,8,11H2,1-2H3,(H,23,26)(H,24,25). The topological polar surface area (TPSA) is 89.8 Å². The van der Waals surface area contributed by atoms with E-state index in [9.17, 15) is 9.59 Å². The summed E-state index contributed by atoms with van der Waals surface area (Å²) in [5, 5.41) is 6.17. The van der Waals surface area contributed by atoms with Crippen molar-refractivity contribution in [2.45, 2.75) is 12.8 Å². The van der Waals surface area contributed by atoms with Crippen LogP contribution in [0.3, 0.4) is 0 Å². The number of ether oxygens (including phenoxy) is 2. The number of furan rings is 1. The number of methoxy groups -OCH3 is 2. The van der Waals surface area contributed by atoms with E-state index in [0.29, 0.717) is 46.1 Å². The first-order valence-electron chi connectivity index (χ1n) is 8.98. The van der Waals surface area contributed by atoms with Crippen LogP contribution in [-0.2, 0) is 4.79 Å². The lowest BCUT2D eigenvalue weighted by Gasteiger charge is -2.12. The van der Waals surface area contributed by atoms with Gasteiger partial charge in [0.25, 0.3) is 5.91 Å². The first kappa shape index (κ1) is 20.5. The Morgan fingerprint density at radius 2 is 1.86 bits per heavy atom. The number of alkyl halides is 1. The Labute approximate surface area is 172 Å². The maximum absolute atomic E-state index is 13.0. The number of para-hydroxylation sites is 1. The molecule has 0 spiro atoms. The van der Waals surface area contributed by atoms with Crippen molar-refractivity contribution in [3.63, 3.8) is 0 Å². The van der Waals surface area contributed by atoms with Crippen LogP contribution in [0.25, 0.3) is 11.0 Å². The zero-order chi connectivity index (χ0) is 20.8. The third kappa shape index (κ3) is 4.63. The molecule has 0 fully saturated rings. The first-order valence-corrected chi connectivity index (χ1v) is 9.51. The second-order valence-corrected chi connectivity index (χ2v) is 6.54. The van der Waals surface area contributed by atoms with Gasteiger partial charge in [-0.3, -0.25) is 9.59 Å². The van der Waals surface area contributed by atoms with Crippen molar-refractivity contribution in [3.05, 3.63) is 48.2 Å². The van der Waals surface area contributed by atoms with Gasteiger partial charge in [-0.15, -0.1) is 11.6 Å². The number of fused-ring (bicyclic) bond motifs is 1. The van der Waals surface area contributed by atoms with Gasteiger partial charge in [0.05, 0.1) is 19.9 Å². The normalized spacial score (nSPS) is 10.6. The highest BCUT2D eigenvalue weighted by Gasteiger charge is 2.23. The van der Waals surface area contributed by atoms with E-state index in [4.69, 9.17) is 25.5 Å². The fourth-order valence-electron chi connectivity index (χ4n) is 2.85. The molecule has 2 N–H and O–H groups in total. The number of carbonyl (C=O) groups excluding carboxylic acids is 2.